The lowest BCUT2D eigenvalue weighted by molar-refractivity contribution is -0.177. The van der Waals surface area contributed by atoms with Gasteiger partial charge in [0.25, 0.3) is 0 Å². The Morgan fingerprint density at radius 2 is 1.60 bits per heavy atom. The molecule has 0 aliphatic carbocycles. The number of hydrogen-bond donors (Lipinski definition) is 0. The van der Waals surface area contributed by atoms with Crippen molar-refractivity contribution in [3.05, 3.63) is 54.6 Å². The molecule has 1 atom stereocenters. The first kappa shape index (κ1) is 17.9. The Hall–Kier alpha value is -1.86. The maximum Gasteiger partial charge on any atom is 0.405 e. The van der Waals surface area contributed by atoms with Crippen LogP contribution in [0.25, 0.3) is 11.1 Å². The van der Waals surface area contributed by atoms with Crippen molar-refractivity contribution in [3.8, 4) is 11.1 Å². The summed E-state index contributed by atoms with van der Waals surface area (Å²) in [4.78, 5) is -0.106. The van der Waals surface area contributed by atoms with Crippen molar-refractivity contribution in [2.45, 2.75) is 36.4 Å². The van der Waals surface area contributed by atoms with E-state index in [1.54, 1.807) is 12.1 Å². The maximum absolute atomic E-state index is 13.3. The summed E-state index contributed by atoms with van der Waals surface area (Å²) in [6.45, 7) is -0.109. The molecule has 3 nitrogen and oxygen atoms in total. The Labute approximate surface area is 145 Å². The number of benzene rings is 2. The van der Waals surface area contributed by atoms with Crippen LogP contribution in [0.2, 0.25) is 0 Å². The fourth-order valence-electron chi connectivity index (χ4n) is 3.12. The van der Waals surface area contributed by atoms with Gasteiger partial charge in [-0.1, -0.05) is 48.9 Å². The van der Waals surface area contributed by atoms with Gasteiger partial charge in [-0.15, -0.1) is 0 Å². The van der Waals surface area contributed by atoms with Crippen molar-refractivity contribution in [1.29, 1.82) is 0 Å². The average Bonchev–Trinajstić information content (AvgIpc) is 2.62. The van der Waals surface area contributed by atoms with E-state index in [2.05, 4.69) is 0 Å². The minimum atomic E-state index is -4.56. The van der Waals surface area contributed by atoms with Crippen LogP contribution in [0.1, 0.15) is 19.3 Å². The highest BCUT2D eigenvalue weighted by atomic mass is 32.2. The van der Waals surface area contributed by atoms with E-state index < -0.39 is 22.2 Å². The average molecular weight is 369 g/mol. The molecule has 1 saturated heterocycles. The molecule has 0 saturated carbocycles. The Kier molecular flexibility index (Phi) is 4.88. The molecule has 1 aliphatic rings. The van der Waals surface area contributed by atoms with Crippen LogP contribution in [-0.2, 0) is 10.0 Å². The lowest BCUT2D eigenvalue weighted by atomic mass is 10.0. The summed E-state index contributed by atoms with van der Waals surface area (Å²) in [6, 6.07) is 13.3. The normalized spacial score (nSPS) is 19.7. The number of alkyl halides is 3. The van der Waals surface area contributed by atoms with Crippen LogP contribution in [-0.4, -0.2) is 31.5 Å². The Bertz CT molecular complexity index is 835. The van der Waals surface area contributed by atoms with Crippen LogP contribution in [0.4, 0.5) is 13.2 Å². The summed E-state index contributed by atoms with van der Waals surface area (Å²) in [6.07, 6.45) is -3.95. The summed E-state index contributed by atoms with van der Waals surface area (Å²) >= 11 is 0. The fourth-order valence-corrected chi connectivity index (χ4v) is 4.85. The summed E-state index contributed by atoms with van der Waals surface area (Å²) in [5.74, 6) is 0. The van der Waals surface area contributed by atoms with E-state index in [1.807, 2.05) is 30.3 Å². The second-order valence-corrected chi connectivity index (χ2v) is 7.95. The molecule has 1 heterocycles. The van der Waals surface area contributed by atoms with Crippen LogP contribution >= 0.6 is 0 Å². The number of nitrogens with zero attached hydrogens (tertiary/aromatic N) is 1. The molecule has 0 N–H and O–H groups in total. The van der Waals surface area contributed by atoms with Gasteiger partial charge in [-0.3, -0.25) is 0 Å². The zero-order valence-electron chi connectivity index (χ0n) is 13.4. The minimum Gasteiger partial charge on any atom is -0.207 e. The molecular formula is C18H18F3NO2S. The summed E-state index contributed by atoms with van der Waals surface area (Å²) < 4.78 is 66.1. The third-order valence-corrected chi connectivity index (χ3v) is 6.28. The smallest absolute Gasteiger partial charge is 0.207 e. The molecule has 3 rings (SSSR count). The quantitative estimate of drug-likeness (QED) is 0.801. The van der Waals surface area contributed by atoms with E-state index in [1.165, 1.54) is 12.1 Å². The zero-order valence-corrected chi connectivity index (χ0v) is 14.2. The molecule has 1 fully saturated rings. The van der Waals surface area contributed by atoms with Crippen LogP contribution in [0.15, 0.2) is 59.5 Å². The van der Waals surface area contributed by atoms with Gasteiger partial charge >= 0.3 is 6.18 Å². The standard InChI is InChI=1S/C18H18F3NO2S/c19-18(20,21)17-11-4-5-12-22(17)25(23,24)16-10-6-9-15(13-16)14-7-2-1-3-8-14/h1-3,6-10,13,17H,4-5,11-12H2. The second kappa shape index (κ2) is 6.80. The van der Waals surface area contributed by atoms with E-state index in [0.717, 1.165) is 5.56 Å². The Morgan fingerprint density at radius 1 is 0.920 bits per heavy atom. The Morgan fingerprint density at radius 3 is 2.28 bits per heavy atom. The Balaban J connectivity index is 2.00. The van der Waals surface area contributed by atoms with Crippen LogP contribution < -0.4 is 0 Å². The molecule has 0 amide bonds. The predicted octanol–water partition coefficient (Wildman–Crippen LogP) is 4.46. The third-order valence-electron chi connectivity index (χ3n) is 4.38. The van der Waals surface area contributed by atoms with Gasteiger partial charge in [0.05, 0.1) is 4.90 Å². The first-order valence-electron chi connectivity index (χ1n) is 8.04. The highest BCUT2D eigenvalue weighted by Crippen LogP contribution is 2.36. The molecule has 1 aliphatic heterocycles. The molecule has 7 heteroatoms. The van der Waals surface area contributed by atoms with Crippen molar-refractivity contribution in [3.63, 3.8) is 0 Å². The van der Waals surface area contributed by atoms with Crippen molar-refractivity contribution in [2.75, 3.05) is 6.54 Å². The largest absolute Gasteiger partial charge is 0.405 e. The van der Waals surface area contributed by atoms with Gasteiger partial charge in [0.1, 0.15) is 6.04 Å². The van der Waals surface area contributed by atoms with Crippen molar-refractivity contribution >= 4 is 10.0 Å². The molecule has 0 bridgehead atoms. The molecule has 2 aromatic carbocycles. The lowest BCUT2D eigenvalue weighted by Gasteiger charge is -2.35. The first-order valence-corrected chi connectivity index (χ1v) is 9.48. The fraction of sp³-hybridized carbons (Fsp3) is 0.333. The second-order valence-electron chi connectivity index (χ2n) is 6.06. The third kappa shape index (κ3) is 3.72. The van der Waals surface area contributed by atoms with Gasteiger partial charge in [-0.05, 0) is 36.1 Å². The molecule has 1 unspecified atom stereocenters. The zero-order chi connectivity index (χ0) is 18.1. The van der Waals surface area contributed by atoms with Crippen molar-refractivity contribution < 1.29 is 21.6 Å². The highest BCUT2D eigenvalue weighted by molar-refractivity contribution is 7.89. The number of sulfonamides is 1. The van der Waals surface area contributed by atoms with E-state index in [0.29, 0.717) is 22.7 Å². The van der Waals surface area contributed by atoms with Gasteiger partial charge in [-0.25, -0.2) is 8.42 Å². The molecule has 0 radical (unpaired) electrons. The molecule has 134 valence electrons. The van der Waals surface area contributed by atoms with Crippen LogP contribution in [0, 0.1) is 0 Å². The summed E-state index contributed by atoms with van der Waals surface area (Å²) in [5, 5.41) is 0. The van der Waals surface area contributed by atoms with Crippen molar-refractivity contribution in [2.24, 2.45) is 0 Å². The van der Waals surface area contributed by atoms with Crippen molar-refractivity contribution in [1.82, 2.24) is 4.31 Å². The summed E-state index contributed by atoms with van der Waals surface area (Å²) in [7, 11) is -4.21. The molecule has 0 aromatic heterocycles. The minimum absolute atomic E-state index is 0.106. The molecule has 2 aromatic rings. The highest BCUT2D eigenvalue weighted by Gasteiger charge is 2.49. The van der Waals surface area contributed by atoms with E-state index in [4.69, 9.17) is 0 Å². The number of halogens is 3. The van der Waals surface area contributed by atoms with Gasteiger partial charge < -0.3 is 0 Å². The topological polar surface area (TPSA) is 37.4 Å². The number of piperidine rings is 1. The van der Waals surface area contributed by atoms with Gasteiger partial charge in [0, 0.05) is 6.54 Å². The predicted molar refractivity (Wildman–Crippen MR) is 89.5 cm³/mol. The lowest BCUT2D eigenvalue weighted by Crippen LogP contribution is -2.51. The first-order chi connectivity index (χ1) is 11.8. The monoisotopic (exact) mass is 369 g/mol. The van der Waals surface area contributed by atoms with Gasteiger partial charge in [-0.2, -0.15) is 17.5 Å². The van der Waals surface area contributed by atoms with Crippen LogP contribution in [0.5, 0.6) is 0 Å². The molecule has 0 spiro atoms. The van der Waals surface area contributed by atoms with Gasteiger partial charge in [0.2, 0.25) is 10.0 Å². The van der Waals surface area contributed by atoms with Crippen LogP contribution in [0.3, 0.4) is 0 Å². The maximum atomic E-state index is 13.3. The van der Waals surface area contributed by atoms with E-state index in [-0.39, 0.29) is 17.9 Å². The SMILES string of the molecule is O=S(=O)(c1cccc(-c2ccccc2)c1)N1CCCCC1C(F)(F)F. The van der Waals surface area contributed by atoms with E-state index >= 15 is 0 Å². The molecular weight excluding hydrogens is 351 g/mol. The van der Waals surface area contributed by atoms with Gasteiger partial charge in [0.15, 0.2) is 0 Å². The molecule has 25 heavy (non-hydrogen) atoms. The van der Waals surface area contributed by atoms with E-state index in [9.17, 15) is 21.6 Å². The number of hydrogen-bond acceptors (Lipinski definition) is 2. The number of rotatable bonds is 3. The summed E-state index contributed by atoms with van der Waals surface area (Å²) in [5.41, 5.74) is 1.47.